The lowest BCUT2D eigenvalue weighted by atomic mass is 10.3. The number of likely N-dealkylation sites (N-methyl/N-ethyl adjacent to an activating group) is 2. The molecule has 0 radical (unpaired) electrons. The summed E-state index contributed by atoms with van der Waals surface area (Å²) in [5.41, 5.74) is 0. The van der Waals surface area contributed by atoms with Crippen LogP contribution >= 0.6 is 0 Å². The Labute approximate surface area is 69.3 Å². The van der Waals surface area contributed by atoms with Gasteiger partial charge in [0.2, 0.25) is 0 Å². The Bertz CT molecular complexity index is 104. The van der Waals surface area contributed by atoms with Gasteiger partial charge >= 0.3 is 0 Å². The lowest BCUT2D eigenvalue weighted by molar-refractivity contribution is -0.627. The van der Waals surface area contributed by atoms with Crippen LogP contribution < -0.4 is 5.32 Å². The van der Waals surface area contributed by atoms with E-state index in [0.717, 1.165) is 26.2 Å². The van der Waals surface area contributed by atoms with Crippen LogP contribution in [0.5, 0.6) is 0 Å². The molecule has 0 unspecified atom stereocenters. The Balaban J connectivity index is 2.41. The molecule has 1 aliphatic heterocycles. The summed E-state index contributed by atoms with van der Waals surface area (Å²) in [6.45, 7) is 8.97. The summed E-state index contributed by atoms with van der Waals surface area (Å²) in [7, 11) is 3.83. The molecule has 66 valence electrons. The van der Waals surface area contributed by atoms with E-state index in [-0.39, 0.29) is 0 Å². The van der Waals surface area contributed by atoms with Crippen LogP contribution in [-0.2, 0) is 0 Å². The number of hydrogen-bond donors (Lipinski definition) is 1. The highest BCUT2D eigenvalue weighted by atomic mass is 15.6. The van der Waals surface area contributed by atoms with E-state index < -0.39 is 0 Å². The minimum absolute atomic E-state index is 0.676. The Morgan fingerprint density at radius 2 is 1.73 bits per heavy atom. The van der Waals surface area contributed by atoms with Gasteiger partial charge in [-0.2, -0.15) is 7.05 Å². The van der Waals surface area contributed by atoms with E-state index in [9.17, 15) is 0 Å². The van der Waals surface area contributed by atoms with Gasteiger partial charge in [0.05, 0.1) is 19.1 Å². The number of hydrazine groups is 1. The second-order valence-corrected chi connectivity index (χ2v) is 3.01. The Kier molecular flexibility index (Phi) is 3.30. The third-order valence-electron chi connectivity index (χ3n) is 2.35. The van der Waals surface area contributed by atoms with Crippen LogP contribution in [0, 0.1) is 7.05 Å². The van der Waals surface area contributed by atoms with Gasteiger partial charge in [0.15, 0.2) is 0 Å². The van der Waals surface area contributed by atoms with Crippen molar-refractivity contribution >= 4 is 0 Å². The molecule has 2 N–H and O–H groups in total. The van der Waals surface area contributed by atoms with Gasteiger partial charge in [-0.05, 0) is 0 Å². The normalized spacial score (nSPS) is 23.2. The van der Waals surface area contributed by atoms with Crippen LogP contribution in [0.2, 0.25) is 0 Å². The molecule has 11 heavy (non-hydrogen) atoms. The summed E-state index contributed by atoms with van der Waals surface area (Å²) >= 11 is 0. The largest absolute Gasteiger partial charge is 0.474 e. The molecule has 0 amide bonds. The van der Waals surface area contributed by atoms with Gasteiger partial charge in [-0.25, -0.2) is 10.0 Å². The second-order valence-electron chi connectivity index (χ2n) is 3.01. The maximum absolute atomic E-state index is 3.83. The van der Waals surface area contributed by atoms with Crippen LogP contribution in [0.25, 0.3) is 0 Å². The van der Waals surface area contributed by atoms with Gasteiger partial charge in [0, 0.05) is 13.1 Å². The molecule has 0 aromatic heterocycles. The van der Waals surface area contributed by atoms with E-state index >= 15 is 0 Å². The zero-order valence-electron chi connectivity index (χ0n) is 7.58. The Morgan fingerprint density at radius 1 is 1.27 bits per heavy atom. The number of quaternary nitrogens is 1. The fraction of sp³-hybridized carbons (Fsp3) is 0.875. The average Bonchev–Trinajstić information content (AvgIpc) is 2.46. The van der Waals surface area contributed by atoms with Gasteiger partial charge < -0.3 is 5.32 Å². The molecule has 3 nitrogen and oxygen atoms in total. The molecule has 0 aromatic carbocycles. The molecular formula is C8H19N3. The van der Waals surface area contributed by atoms with Crippen molar-refractivity contribution < 1.29 is 5.32 Å². The van der Waals surface area contributed by atoms with Crippen LogP contribution in [0.4, 0.5) is 0 Å². The summed E-state index contributed by atoms with van der Waals surface area (Å²) < 4.78 is 0. The van der Waals surface area contributed by atoms with Gasteiger partial charge in [0.1, 0.15) is 0 Å². The van der Waals surface area contributed by atoms with E-state index in [4.69, 9.17) is 0 Å². The van der Waals surface area contributed by atoms with Gasteiger partial charge in [-0.3, -0.25) is 0 Å². The number of nitrogens with two attached hydrogens (primary N) is 1. The van der Waals surface area contributed by atoms with Crippen LogP contribution in [0.15, 0.2) is 0 Å². The highest BCUT2D eigenvalue weighted by Gasteiger charge is 2.27. The molecule has 0 aromatic rings. The fourth-order valence-corrected chi connectivity index (χ4v) is 1.64. The molecule has 3 heteroatoms. The second kappa shape index (κ2) is 4.04. The van der Waals surface area contributed by atoms with E-state index in [1.807, 2.05) is 0 Å². The van der Waals surface area contributed by atoms with Crippen molar-refractivity contribution in [2.75, 3.05) is 26.2 Å². The van der Waals surface area contributed by atoms with Crippen molar-refractivity contribution in [1.82, 2.24) is 10.0 Å². The summed E-state index contributed by atoms with van der Waals surface area (Å²) in [5.74, 6) is 0. The molecule has 1 aliphatic rings. The molecule has 0 spiro atoms. The van der Waals surface area contributed by atoms with Crippen LogP contribution in [0.1, 0.15) is 13.8 Å². The zero-order valence-corrected chi connectivity index (χ0v) is 7.58. The Hall–Kier alpha value is -0.120. The van der Waals surface area contributed by atoms with Crippen molar-refractivity contribution in [3.63, 3.8) is 0 Å². The summed E-state index contributed by atoms with van der Waals surface area (Å²) in [6, 6.07) is 0.676. The zero-order chi connectivity index (χ0) is 8.27. The summed E-state index contributed by atoms with van der Waals surface area (Å²) in [6.07, 6.45) is 0. The molecule has 1 saturated heterocycles. The third-order valence-corrected chi connectivity index (χ3v) is 2.35. The van der Waals surface area contributed by atoms with Gasteiger partial charge in [-0.15, -0.1) is 0 Å². The molecule has 1 rings (SSSR count). The Morgan fingerprint density at radius 3 is 2.00 bits per heavy atom. The first-order chi connectivity index (χ1) is 5.31. The molecule has 0 saturated carbocycles. The van der Waals surface area contributed by atoms with E-state index in [2.05, 4.69) is 36.2 Å². The molecule has 0 atom stereocenters. The van der Waals surface area contributed by atoms with E-state index in [1.54, 1.807) is 0 Å². The SMILES string of the molecule is [CH2-][NH2+]C1CN(CC)N(CC)C1. The predicted octanol–water partition coefficient (Wildman–Crippen LogP) is -0.718. The van der Waals surface area contributed by atoms with Gasteiger partial charge in [-0.1, -0.05) is 13.8 Å². The van der Waals surface area contributed by atoms with Crippen molar-refractivity contribution in [2.24, 2.45) is 0 Å². The lowest BCUT2D eigenvalue weighted by Gasteiger charge is -2.23. The molecule has 1 fully saturated rings. The highest BCUT2D eigenvalue weighted by Crippen LogP contribution is 2.06. The quantitative estimate of drug-likeness (QED) is 0.547. The van der Waals surface area contributed by atoms with E-state index in [1.165, 1.54) is 0 Å². The highest BCUT2D eigenvalue weighted by molar-refractivity contribution is 4.73. The number of hydrogen-bond acceptors (Lipinski definition) is 2. The summed E-state index contributed by atoms with van der Waals surface area (Å²) in [5, 5.41) is 6.86. The van der Waals surface area contributed by atoms with E-state index in [0.29, 0.717) is 6.04 Å². The van der Waals surface area contributed by atoms with Crippen molar-refractivity contribution in [3.8, 4) is 0 Å². The van der Waals surface area contributed by atoms with Gasteiger partial charge in [0.25, 0.3) is 0 Å². The predicted molar refractivity (Wildman–Crippen MR) is 45.6 cm³/mol. The minimum Gasteiger partial charge on any atom is -0.474 e. The topological polar surface area (TPSA) is 23.1 Å². The first-order valence-corrected chi connectivity index (χ1v) is 4.44. The molecule has 0 aliphatic carbocycles. The first kappa shape index (κ1) is 8.97. The maximum Gasteiger partial charge on any atom is 0.0906 e. The molecule has 0 bridgehead atoms. The first-order valence-electron chi connectivity index (χ1n) is 4.44. The maximum atomic E-state index is 3.83. The summed E-state index contributed by atoms with van der Waals surface area (Å²) in [4.78, 5) is 0. The van der Waals surface area contributed by atoms with Crippen molar-refractivity contribution in [1.29, 1.82) is 0 Å². The molecular weight excluding hydrogens is 138 g/mol. The number of rotatable bonds is 3. The lowest BCUT2D eigenvalue weighted by Crippen LogP contribution is -2.85. The smallest absolute Gasteiger partial charge is 0.0906 e. The monoisotopic (exact) mass is 157 g/mol. The minimum atomic E-state index is 0.676. The van der Waals surface area contributed by atoms with Crippen LogP contribution in [0.3, 0.4) is 0 Å². The van der Waals surface area contributed by atoms with Crippen molar-refractivity contribution in [3.05, 3.63) is 7.05 Å². The fourth-order valence-electron chi connectivity index (χ4n) is 1.64. The standard InChI is InChI=1S/C8H19N3/c1-4-10-6-8(9-3)7-11(10)5-2/h8H,3-7,9H2,1-2H3. The molecule has 1 heterocycles. The van der Waals surface area contributed by atoms with Crippen LogP contribution in [-0.4, -0.2) is 42.2 Å². The average molecular weight is 157 g/mol. The third kappa shape index (κ3) is 1.92. The van der Waals surface area contributed by atoms with Crippen molar-refractivity contribution in [2.45, 2.75) is 19.9 Å². The number of nitrogens with zero attached hydrogens (tertiary/aromatic N) is 2.